The molecule has 1 aromatic heterocycles. The van der Waals surface area contributed by atoms with Crippen molar-refractivity contribution in [2.24, 2.45) is 12.0 Å². The summed E-state index contributed by atoms with van der Waals surface area (Å²) in [6, 6.07) is 5.48. The van der Waals surface area contributed by atoms with E-state index in [0.717, 1.165) is 29.5 Å². The van der Waals surface area contributed by atoms with E-state index in [1.807, 2.05) is 12.1 Å². The maximum Gasteiger partial charge on any atom is 0.263 e. The van der Waals surface area contributed by atoms with Gasteiger partial charge in [0, 0.05) is 20.1 Å². The normalized spacial score (nSPS) is 15.8. The van der Waals surface area contributed by atoms with Gasteiger partial charge in [0.15, 0.2) is 14.6 Å². The molecule has 8 nitrogen and oxygen atoms in total. The fourth-order valence-corrected chi connectivity index (χ4v) is 5.31. The van der Waals surface area contributed by atoms with Crippen LogP contribution in [-0.4, -0.2) is 61.4 Å². The number of aryl methyl sites for hydroxylation is 1. The first-order valence-electron chi connectivity index (χ1n) is 8.98. The van der Waals surface area contributed by atoms with E-state index < -0.39 is 33.2 Å². The summed E-state index contributed by atoms with van der Waals surface area (Å²) in [4.78, 5) is 30.3. The average Bonchev–Trinajstić information content (AvgIpc) is 2.96. The molecular weight excluding hydrogens is 402 g/mol. The Balaban J connectivity index is 1.74. The first kappa shape index (κ1) is 20.5. The number of carbonyl (C=O) groups excluding carboxylic acids is 2. The Morgan fingerprint density at radius 1 is 1.18 bits per heavy atom. The van der Waals surface area contributed by atoms with Gasteiger partial charge < -0.3 is 14.2 Å². The van der Waals surface area contributed by atoms with Crippen molar-refractivity contribution in [3.8, 4) is 5.75 Å². The van der Waals surface area contributed by atoms with Gasteiger partial charge in [0.1, 0.15) is 17.3 Å². The van der Waals surface area contributed by atoms with Crippen LogP contribution in [0.2, 0.25) is 0 Å². The third-order valence-electron chi connectivity index (χ3n) is 4.63. The molecule has 1 aromatic carbocycles. The van der Waals surface area contributed by atoms with Crippen LogP contribution < -0.4 is 9.54 Å². The Kier molecular flexibility index (Phi) is 6.19. The number of hydrogen-bond donors (Lipinski definition) is 0. The number of thiazole rings is 1. The predicted molar refractivity (Wildman–Crippen MR) is 107 cm³/mol. The summed E-state index contributed by atoms with van der Waals surface area (Å²) in [5.74, 6) is -1.95. The molecule has 3 rings (SSSR count). The molecule has 1 aliphatic rings. The topological polar surface area (TPSA) is 98.0 Å². The number of aromatic nitrogens is 1. The van der Waals surface area contributed by atoms with Crippen LogP contribution in [0.3, 0.4) is 0 Å². The van der Waals surface area contributed by atoms with Crippen LogP contribution in [0.1, 0.15) is 19.3 Å². The van der Waals surface area contributed by atoms with Gasteiger partial charge in [0.05, 0.1) is 17.3 Å². The zero-order valence-electron chi connectivity index (χ0n) is 15.9. The van der Waals surface area contributed by atoms with Crippen LogP contribution in [-0.2, 0) is 26.5 Å². The molecule has 0 radical (unpaired) electrons. The van der Waals surface area contributed by atoms with Gasteiger partial charge in [-0.2, -0.15) is 4.99 Å². The minimum absolute atomic E-state index is 0.394. The van der Waals surface area contributed by atoms with Gasteiger partial charge >= 0.3 is 0 Å². The quantitative estimate of drug-likeness (QED) is 0.715. The molecule has 0 aliphatic carbocycles. The lowest BCUT2D eigenvalue weighted by Crippen LogP contribution is -2.40. The first-order chi connectivity index (χ1) is 13.3. The van der Waals surface area contributed by atoms with E-state index in [1.54, 1.807) is 29.7 Å². The molecule has 28 heavy (non-hydrogen) atoms. The molecular formula is C18H23N3O5S2. The number of ether oxygens (including phenoxy) is 1. The molecule has 0 atom stereocenters. The molecule has 0 bridgehead atoms. The molecule has 1 aliphatic heterocycles. The molecule has 152 valence electrons. The second-order valence-electron chi connectivity index (χ2n) is 6.76. The van der Waals surface area contributed by atoms with Crippen molar-refractivity contribution in [3.05, 3.63) is 23.0 Å². The number of carbonyl (C=O) groups is 2. The number of methoxy groups -OCH3 is 1. The van der Waals surface area contributed by atoms with Crippen LogP contribution in [0.25, 0.3) is 10.2 Å². The number of fused-ring (bicyclic) bond motifs is 1. The van der Waals surface area contributed by atoms with Gasteiger partial charge in [-0.15, -0.1) is 0 Å². The summed E-state index contributed by atoms with van der Waals surface area (Å²) in [6.45, 7) is 1.15. The van der Waals surface area contributed by atoms with Gasteiger partial charge in [0.2, 0.25) is 5.91 Å². The number of nitrogens with zero attached hydrogens (tertiary/aromatic N) is 3. The van der Waals surface area contributed by atoms with Gasteiger partial charge in [-0.3, -0.25) is 9.59 Å². The summed E-state index contributed by atoms with van der Waals surface area (Å²) < 4.78 is 32.3. The molecule has 10 heteroatoms. The van der Waals surface area contributed by atoms with Crippen LogP contribution >= 0.6 is 11.3 Å². The van der Waals surface area contributed by atoms with E-state index in [4.69, 9.17) is 4.74 Å². The lowest BCUT2D eigenvalue weighted by atomic mass is 10.1. The maximum absolute atomic E-state index is 12.3. The minimum Gasteiger partial charge on any atom is -0.497 e. The third kappa shape index (κ3) is 4.79. The standard InChI is InChI=1S/C18H23N3O5S2/c1-20-14-7-6-13(26-2)10-15(14)27-18(20)19-16(22)11-28(24,25)12-17(23)21-8-4-3-5-9-21/h6-7,10H,3-5,8-9,11-12H2,1-2H3. The van der Waals surface area contributed by atoms with Crippen molar-refractivity contribution >= 4 is 43.2 Å². The summed E-state index contributed by atoms with van der Waals surface area (Å²) >= 11 is 1.27. The Labute approximate surface area is 167 Å². The summed E-state index contributed by atoms with van der Waals surface area (Å²) in [5.41, 5.74) is 0.862. The van der Waals surface area contributed by atoms with Gasteiger partial charge in [-0.25, -0.2) is 8.42 Å². The van der Waals surface area contributed by atoms with Crippen LogP contribution in [0.4, 0.5) is 0 Å². The van der Waals surface area contributed by atoms with Gasteiger partial charge in [-0.1, -0.05) is 11.3 Å². The second-order valence-corrected chi connectivity index (χ2v) is 9.83. The van der Waals surface area contributed by atoms with E-state index in [-0.39, 0.29) is 0 Å². The molecule has 0 spiro atoms. The second kappa shape index (κ2) is 8.44. The van der Waals surface area contributed by atoms with Gasteiger partial charge in [0.25, 0.3) is 5.91 Å². The molecule has 1 fully saturated rings. The first-order valence-corrected chi connectivity index (χ1v) is 11.6. The summed E-state index contributed by atoms with van der Waals surface area (Å²) in [5, 5.41) is 0. The molecule has 0 unspecified atom stereocenters. The molecule has 2 heterocycles. The number of rotatable bonds is 5. The van der Waals surface area contributed by atoms with E-state index in [1.165, 1.54) is 11.3 Å². The summed E-state index contributed by atoms with van der Waals surface area (Å²) in [7, 11) is -0.537. The number of likely N-dealkylation sites (tertiary alicyclic amines) is 1. The molecule has 2 amide bonds. The smallest absolute Gasteiger partial charge is 0.263 e. The third-order valence-corrected chi connectivity index (χ3v) is 7.10. The fourth-order valence-electron chi connectivity index (χ4n) is 3.15. The highest BCUT2D eigenvalue weighted by atomic mass is 32.2. The number of benzene rings is 1. The fraction of sp³-hybridized carbons (Fsp3) is 0.500. The Bertz CT molecular complexity index is 1060. The zero-order valence-corrected chi connectivity index (χ0v) is 17.5. The molecule has 1 saturated heterocycles. The highest BCUT2D eigenvalue weighted by Gasteiger charge is 2.25. The van der Waals surface area contributed by atoms with Crippen molar-refractivity contribution < 1.29 is 22.7 Å². The van der Waals surface area contributed by atoms with E-state index in [2.05, 4.69) is 4.99 Å². The predicted octanol–water partition coefficient (Wildman–Crippen LogP) is 1.10. The van der Waals surface area contributed by atoms with Crippen molar-refractivity contribution in [2.75, 3.05) is 31.7 Å². The van der Waals surface area contributed by atoms with E-state index in [0.29, 0.717) is 23.6 Å². The number of sulfone groups is 1. The van der Waals surface area contributed by atoms with Crippen molar-refractivity contribution in [2.45, 2.75) is 19.3 Å². The van der Waals surface area contributed by atoms with Crippen molar-refractivity contribution in [1.29, 1.82) is 0 Å². The number of piperidine rings is 1. The van der Waals surface area contributed by atoms with Crippen LogP contribution in [0.5, 0.6) is 5.75 Å². The maximum atomic E-state index is 12.3. The monoisotopic (exact) mass is 425 g/mol. The van der Waals surface area contributed by atoms with E-state index in [9.17, 15) is 18.0 Å². The molecule has 0 N–H and O–H groups in total. The van der Waals surface area contributed by atoms with Gasteiger partial charge in [-0.05, 0) is 37.5 Å². The van der Waals surface area contributed by atoms with Crippen LogP contribution in [0.15, 0.2) is 23.2 Å². The number of hydrogen-bond acceptors (Lipinski definition) is 6. The van der Waals surface area contributed by atoms with E-state index >= 15 is 0 Å². The largest absolute Gasteiger partial charge is 0.497 e. The molecule has 0 saturated carbocycles. The SMILES string of the molecule is COc1ccc2c(c1)sc(=NC(=O)CS(=O)(=O)CC(=O)N1CCCCC1)n2C. The zero-order chi connectivity index (χ0) is 20.3. The van der Waals surface area contributed by atoms with Crippen molar-refractivity contribution in [3.63, 3.8) is 0 Å². The van der Waals surface area contributed by atoms with Crippen molar-refractivity contribution in [1.82, 2.24) is 9.47 Å². The van der Waals surface area contributed by atoms with Crippen LogP contribution in [0, 0.1) is 0 Å². The Morgan fingerprint density at radius 2 is 1.89 bits per heavy atom. The highest BCUT2D eigenvalue weighted by Crippen LogP contribution is 2.22. The minimum atomic E-state index is -3.86. The lowest BCUT2D eigenvalue weighted by molar-refractivity contribution is -0.129. The lowest BCUT2D eigenvalue weighted by Gasteiger charge is -2.26. The highest BCUT2D eigenvalue weighted by molar-refractivity contribution is 7.92. The summed E-state index contributed by atoms with van der Waals surface area (Å²) in [6.07, 6.45) is 2.81. The average molecular weight is 426 g/mol. The Morgan fingerprint density at radius 3 is 2.57 bits per heavy atom. The number of amides is 2. The molecule has 2 aromatic rings. The Hall–Kier alpha value is -2.20.